The molecule has 6 rings (SSSR count). The number of benzene rings is 1. The number of nitrogens with one attached hydrogen (secondary N) is 1. The number of thiophene rings is 1. The topological polar surface area (TPSA) is 50.2 Å². The van der Waals surface area contributed by atoms with Crippen LogP contribution in [0.4, 0.5) is 0 Å². The highest BCUT2D eigenvalue weighted by molar-refractivity contribution is 7.16. The maximum absolute atomic E-state index is 13.5. The van der Waals surface area contributed by atoms with Crippen molar-refractivity contribution < 1.29 is 4.79 Å². The third-order valence-electron chi connectivity index (χ3n) is 8.50. The molecule has 8 heteroatoms. The predicted octanol–water partition coefficient (Wildman–Crippen LogP) is 8.19. The highest BCUT2D eigenvalue weighted by Crippen LogP contribution is 2.38. The van der Waals surface area contributed by atoms with E-state index in [1.54, 1.807) is 23.5 Å². The molecule has 1 amide bonds. The number of amides is 1. The van der Waals surface area contributed by atoms with E-state index < -0.39 is 0 Å². The van der Waals surface area contributed by atoms with E-state index in [9.17, 15) is 4.79 Å². The Labute approximate surface area is 238 Å². The van der Waals surface area contributed by atoms with Gasteiger partial charge in [0, 0.05) is 28.6 Å². The van der Waals surface area contributed by atoms with Crippen LogP contribution in [-0.2, 0) is 0 Å². The van der Waals surface area contributed by atoms with Crippen LogP contribution in [0.1, 0.15) is 72.3 Å². The summed E-state index contributed by atoms with van der Waals surface area (Å²) in [4.78, 5) is 15.8. The van der Waals surface area contributed by atoms with Crippen molar-refractivity contribution >= 4 is 46.5 Å². The zero-order chi connectivity index (χ0) is 26.2. The number of fused-ring (bicyclic) bond motifs is 1. The minimum Gasteiger partial charge on any atom is -0.283 e. The Morgan fingerprint density at radius 2 is 1.79 bits per heavy atom. The largest absolute Gasteiger partial charge is 0.286 e. The molecule has 3 aliphatic rings. The van der Waals surface area contributed by atoms with E-state index in [2.05, 4.69) is 34.7 Å². The maximum atomic E-state index is 13.5. The molecule has 0 radical (unpaired) electrons. The Bertz CT molecular complexity index is 1340. The van der Waals surface area contributed by atoms with Gasteiger partial charge in [0.1, 0.15) is 0 Å². The molecule has 3 fully saturated rings. The first kappa shape index (κ1) is 26.1. The molecule has 2 aromatic heterocycles. The Morgan fingerprint density at radius 1 is 1.03 bits per heavy atom. The number of allylic oxidation sites excluding steroid dienone is 1. The van der Waals surface area contributed by atoms with E-state index in [1.165, 1.54) is 56.2 Å². The smallest absolute Gasteiger partial charge is 0.283 e. The minimum atomic E-state index is -0.165. The number of hydrazine groups is 1. The van der Waals surface area contributed by atoms with Crippen LogP contribution in [0.2, 0.25) is 10.0 Å². The second-order valence-electron chi connectivity index (χ2n) is 11.1. The molecule has 2 aliphatic carbocycles. The minimum absolute atomic E-state index is 0.165. The first-order valence-corrected chi connectivity index (χ1v) is 15.4. The maximum Gasteiger partial charge on any atom is 0.286 e. The molecule has 5 nitrogen and oxygen atoms in total. The standard InChI is InChI=1S/C30H34Cl2N4OS/c1-19-28(30(37)34-35-17-21-8-5-9-22(21)18-35)33-36(26-14-11-23(31)16-25(26)32)29(19)27-15-13-24(38-27)12-10-20-6-3-2-4-7-20/h10-16,20-22H,2-9,17-18H2,1H3,(H,34,37)/b12-10+. The van der Waals surface area contributed by atoms with Gasteiger partial charge in [-0.15, -0.1) is 11.3 Å². The zero-order valence-electron chi connectivity index (χ0n) is 21.8. The molecule has 1 aliphatic heterocycles. The summed E-state index contributed by atoms with van der Waals surface area (Å²) >= 11 is 14.5. The Kier molecular flexibility index (Phi) is 7.68. The summed E-state index contributed by atoms with van der Waals surface area (Å²) in [5.74, 6) is 1.91. The van der Waals surface area contributed by atoms with Crippen LogP contribution < -0.4 is 5.43 Å². The van der Waals surface area contributed by atoms with E-state index in [0.717, 1.165) is 29.2 Å². The highest BCUT2D eigenvalue weighted by Gasteiger charge is 2.37. The van der Waals surface area contributed by atoms with Crippen molar-refractivity contribution in [3.8, 4) is 16.3 Å². The summed E-state index contributed by atoms with van der Waals surface area (Å²) in [5.41, 5.74) is 6.02. The highest BCUT2D eigenvalue weighted by atomic mass is 35.5. The van der Waals surface area contributed by atoms with Crippen LogP contribution in [0.15, 0.2) is 36.4 Å². The molecule has 3 heterocycles. The van der Waals surface area contributed by atoms with Gasteiger partial charge >= 0.3 is 0 Å². The predicted molar refractivity (Wildman–Crippen MR) is 157 cm³/mol. The number of hydrogen-bond donors (Lipinski definition) is 1. The monoisotopic (exact) mass is 568 g/mol. The van der Waals surface area contributed by atoms with Gasteiger partial charge in [-0.25, -0.2) is 9.69 Å². The van der Waals surface area contributed by atoms with E-state index >= 15 is 0 Å². The summed E-state index contributed by atoms with van der Waals surface area (Å²) in [6.07, 6.45) is 15.1. The van der Waals surface area contributed by atoms with Gasteiger partial charge in [-0.1, -0.05) is 55.0 Å². The van der Waals surface area contributed by atoms with Crippen molar-refractivity contribution in [1.29, 1.82) is 0 Å². The lowest BCUT2D eigenvalue weighted by atomic mass is 9.89. The number of carbonyl (C=O) groups is 1. The first-order chi connectivity index (χ1) is 18.5. The van der Waals surface area contributed by atoms with E-state index in [4.69, 9.17) is 28.3 Å². The third-order valence-corrected chi connectivity index (χ3v) is 10.1. The van der Waals surface area contributed by atoms with Gasteiger partial charge in [0.25, 0.3) is 5.91 Å². The summed E-state index contributed by atoms with van der Waals surface area (Å²) in [7, 11) is 0. The second kappa shape index (κ2) is 11.2. The van der Waals surface area contributed by atoms with Gasteiger partial charge in [0.15, 0.2) is 5.69 Å². The molecular weight excluding hydrogens is 535 g/mol. The SMILES string of the molecule is Cc1c(C(=O)NN2CC3CCCC3C2)nn(-c2ccc(Cl)cc2Cl)c1-c1ccc(/C=C/C2CCCCC2)s1. The summed E-state index contributed by atoms with van der Waals surface area (Å²) < 4.78 is 1.81. The van der Waals surface area contributed by atoms with Crippen LogP contribution in [0, 0.1) is 24.7 Å². The van der Waals surface area contributed by atoms with Gasteiger partial charge in [0.2, 0.25) is 0 Å². The van der Waals surface area contributed by atoms with Crippen molar-refractivity contribution in [2.75, 3.05) is 13.1 Å². The van der Waals surface area contributed by atoms with E-state index in [0.29, 0.717) is 39.2 Å². The van der Waals surface area contributed by atoms with Gasteiger partial charge < -0.3 is 0 Å². The van der Waals surface area contributed by atoms with Crippen LogP contribution in [0.5, 0.6) is 0 Å². The summed E-state index contributed by atoms with van der Waals surface area (Å²) in [5, 5.41) is 7.97. The van der Waals surface area contributed by atoms with Crippen molar-refractivity contribution in [2.24, 2.45) is 17.8 Å². The van der Waals surface area contributed by atoms with Gasteiger partial charge in [-0.05, 0) is 86.8 Å². The van der Waals surface area contributed by atoms with Crippen molar-refractivity contribution in [3.63, 3.8) is 0 Å². The van der Waals surface area contributed by atoms with Crippen molar-refractivity contribution in [1.82, 2.24) is 20.2 Å². The van der Waals surface area contributed by atoms with Gasteiger partial charge in [-0.2, -0.15) is 5.10 Å². The van der Waals surface area contributed by atoms with Gasteiger partial charge in [-0.3, -0.25) is 10.2 Å². The molecule has 1 N–H and O–H groups in total. The fourth-order valence-corrected chi connectivity index (χ4v) is 7.98. The fourth-order valence-electron chi connectivity index (χ4n) is 6.48. The second-order valence-corrected chi connectivity index (χ2v) is 13.0. The van der Waals surface area contributed by atoms with Crippen molar-refractivity contribution in [3.05, 3.63) is 62.6 Å². The molecule has 3 aromatic rings. The zero-order valence-corrected chi connectivity index (χ0v) is 24.1. The van der Waals surface area contributed by atoms with E-state index in [1.807, 2.05) is 17.7 Å². The molecule has 0 spiro atoms. The molecule has 38 heavy (non-hydrogen) atoms. The molecule has 0 bridgehead atoms. The molecule has 2 unspecified atom stereocenters. The number of hydrogen-bond acceptors (Lipinski definition) is 4. The first-order valence-electron chi connectivity index (χ1n) is 13.9. The number of rotatable bonds is 6. The summed E-state index contributed by atoms with van der Waals surface area (Å²) in [6.45, 7) is 3.83. The molecular formula is C30H34Cl2N4OS. The average molecular weight is 570 g/mol. The van der Waals surface area contributed by atoms with Crippen LogP contribution in [-0.4, -0.2) is 33.8 Å². The lowest BCUT2D eigenvalue weighted by Crippen LogP contribution is -2.41. The quantitative estimate of drug-likeness (QED) is 0.326. The van der Waals surface area contributed by atoms with Crippen LogP contribution >= 0.6 is 34.5 Å². The molecule has 200 valence electrons. The lowest BCUT2D eigenvalue weighted by molar-refractivity contribution is 0.0808. The molecule has 1 saturated heterocycles. The Balaban J connectivity index is 1.32. The summed E-state index contributed by atoms with van der Waals surface area (Å²) in [6, 6.07) is 9.66. The number of aromatic nitrogens is 2. The van der Waals surface area contributed by atoms with Crippen LogP contribution in [0.3, 0.4) is 0 Å². The molecule has 1 aromatic carbocycles. The Morgan fingerprint density at radius 3 is 2.53 bits per heavy atom. The molecule has 2 atom stereocenters. The van der Waals surface area contributed by atoms with Crippen molar-refractivity contribution in [2.45, 2.75) is 58.3 Å². The number of halogens is 2. The Hall–Kier alpha value is -2.12. The number of carbonyl (C=O) groups excluding carboxylic acids is 1. The normalized spacial score (nSPS) is 22.4. The lowest BCUT2D eigenvalue weighted by Gasteiger charge is -2.17. The van der Waals surface area contributed by atoms with Gasteiger partial charge in [0.05, 0.1) is 21.3 Å². The van der Waals surface area contributed by atoms with Crippen LogP contribution in [0.25, 0.3) is 22.3 Å². The third kappa shape index (κ3) is 5.33. The van der Waals surface area contributed by atoms with E-state index in [-0.39, 0.29) is 5.91 Å². The molecule has 2 saturated carbocycles. The average Bonchev–Trinajstić information content (AvgIpc) is 3.67. The fraction of sp³-hybridized carbons (Fsp3) is 0.467. The number of nitrogens with zero attached hydrogens (tertiary/aromatic N) is 3.